The van der Waals surface area contributed by atoms with Gasteiger partial charge in [-0.15, -0.1) is 0 Å². The quantitative estimate of drug-likeness (QED) is 0.166. The predicted octanol–water partition coefficient (Wildman–Crippen LogP) is 5.28. The van der Waals surface area contributed by atoms with Gasteiger partial charge in [-0.25, -0.2) is 14.4 Å². The number of hydrogen-bond acceptors (Lipinski definition) is 9. The minimum Gasteiger partial charge on any atom is -0.493 e. The van der Waals surface area contributed by atoms with Crippen molar-refractivity contribution in [1.82, 2.24) is 25.1 Å². The number of carbonyl (C=O) groups is 2. The first kappa shape index (κ1) is 31.7. The van der Waals surface area contributed by atoms with Gasteiger partial charge in [0.05, 0.1) is 30.2 Å². The Morgan fingerprint density at radius 2 is 1.83 bits per heavy atom. The molecular formula is C34H36ClFN6O4. The number of amides is 2. The molecule has 1 unspecified atom stereocenters. The molecule has 1 atom stereocenters. The highest BCUT2D eigenvalue weighted by atomic mass is 35.5. The summed E-state index contributed by atoms with van der Waals surface area (Å²) in [6.07, 6.45) is 3.22. The number of methoxy groups -OCH3 is 1. The van der Waals surface area contributed by atoms with Crippen molar-refractivity contribution < 1.29 is 23.5 Å². The van der Waals surface area contributed by atoms with E-state index in [-0.39, 0.29) is 22.8 Å². The molecule has 0 radical (unpaired) electrons. The number of nitrogens with one attached hydrogen (secondary N) is 2. The summed E-state index contributed by atoms with van der Waals surface area (Å²) in [7, 11) is 1.59. The molecule has 2 N–H and O–H groups in total. The molecule has 2 saturated heterocycles. The second kappa shape index (κ2) is 14.4. The van der Waals surface area contributed by atoms with Crippen molar-refractivity contribution in [2.75, 3.05) is 51.8 Å². The van der Waals surface area contributed by atoms with Crippen LogP contribution >= 0.6 is 11.6 Å². The molecule has 12 heteroatoms. The molecule has 2 aliphatic heterocycles. The first-order chi connectivity index (χ1) is 22.4. The van der Waals surface area contributed by atoms with Crippen LogP contribution in [0.1, 0.15) is 36.3 Å². The van der Waals surface area contributed by atoms with Gasteiger partial charge in [-0.1, -0.05) is 35.9 Å². The number of anilines is 2. The standard InChI is InChI=1S/C34H36ClFN6O4/c1-45-30-19-29-26(33(38-21-37-29)39-23-7-9-28(36)27(35)17-23)18-31(30)46-16-4-11-41-12-14-42(15-13-41)20-22-5-2-3-6-24(22)25-8-10-32(43)40-34(25)44/h2-3,5-7,9,17-19,21,25H,4,8,10-16,20H2,1H3,(H,37,38,39)(H,40,43,44). The first-order valence-electron chi connectivity index (χ1n) is 15.4. The summed E-state index contributed by atoms with van der Waals surface area (Å²) in [6, 6.07) is 16.1. The second-order valence-electron chi connectivity index (χ2n) is 11.5. The molecule has 0 bridgehead atoms. The molecule has 2 amide bonds. The van der Waals surface area contributed by atoms with Crippen LogP contribution < -0.4 is 20.1 Å². The van der Waals surface area contributed by atoms with Gasteiger partial charge in [0.2, 0.25) is 11.8 Å². The van der Waals surface area contributed by atoms with Crippen molar-refractivity contribution in [2.45, 2.75) is 31.7 Å². The SMILES string of the molecule is COc1cc2ncnc(Nc3ccc(F)c(Cl)c3)c2cc1OCCCN1CCN(Cc2ccccc2C2CCC(=O)NC2=O)CC1. The van der Waals surface area contributed by atoms with Gasteiger partial charge in [-0.05, 0) is 48.2 Å². The van der Waals surface area contributed by atoms with Crippen molar-refractivity contribution in [3.63, 3.8) is 0 Å². The summed E-state index contributed by atoms with van der Waals surface area (Å²) < 4.78 is 25.4. The van der Waals surface area contributed by atoms with Crippen LogP contribution in [0.2, 0.25) is 5.02 Å². The highest BCUT2D eigenvalue weighted by Crippen LogP contribution is 2.35. The molecule has 0 spiro atoms. The van der Waals surface area contributed by atoms with Gasteiger partial charge in [0.15, 0.2) is 11.5 Å². The van der Waals surface area contributed by atoms with Crippen LogP contribution in [0.3, 0.4) is 0 Å². The fourth-order valence-electron chi connectivity index (χ4n) is 6.04. The van der Waals surface area contributed by atoms with Gasteiger partial charge in [-0.3, -0.25) is 19.8 Å². The lowest BCUT2D eigenvalue weighted by Crippen LogP contribution is -2.46. The third-order valence-corrected chi connectivity index (χ3v) is 8.80. The zero-order valence-electron chi connectivity index (χ0n) is 25.6. The maximum absolute atomic E-state index is 13.6. The molecule has 10 nitrogen and oxygen atoms in total. The van der Waals surface area contributed by atoms with E-state index in [4.69, 9.17) is 21.1 Å². The third-order valence-electron chi connectivity index (χ3n) is 8.51. The normalized spacial score (nSPS) is 17.6. The van der Waals surface area contributed by atoms with Crippen LogP contribution in [0.25, 0.3) is 10.9 Å². The van der Waals surface area contributed by atoms with E-state index in [9.17, 15) is 14.0 Å². The molecule has 0 aliphatic carbocycles. The number of imide groups is 1. The molecule has 3 aromatic carbocycles. The Morgan fingerprint density at radius 1 is 1.02 bits per heavy atom. The van der Waals surface area contributed by atoms with E-state index in [1.54, 1.807) is 13.2 Å². The fourth-order valence-corrected chi connectivity index (χ4v) is 6.22. The highest BCUT2D eigenvalue weighted by Gasteiger charge is 2.30. The van der Waals surface area contributed by atoms with Crippen LogP contribution in [-0.2, 0) is 16.1 Å². The van der Waals surface area contributed by atoms with Crippen LogP contribution in [0.15, 0.2) is 60.9 Å². The summed E-state index contributed by atoms with van der Waals surface area (Å²) in [5.41, 5.74) is 3.44. The number of nitrogens with zero attached hydrogens (tertiary/aromatic N) is 4. The summed E-state index contributed by atoms with van der Waals surface area (Å²) >= 11 is 5.96. The van der Waals surface area contributed by atoms with Crippen LogP contribution in [0.4, 0.5) is 15.9 Å². The molecule has 2 aliphatic rings. The molecule has 1 aromatic heterocycles. The molecule has 6 rings (SSSR count). The molecule has 3 heterocycles. The number of aromatic nitrogens is 2. The molecule has 0 saturated carbocycles. The summed E-state index contributed by atoms with van der Waals surface area (Å²) in [5.74, 6) is 0.547. The minimum absolute atomic E-state index is 0.0191. The van der Waals surface area contributed by atoms with E-state index in [0.717, 1.165) is 62.2 Å². The number of rotatable bonds is 11. The number of fused-ring (bicyclic) bond motifs is 1. The average Bonchev–Trinajstić information content (AvgIpc) is 3.06. The van der Waals surface area contributed by atoms with Crippen LogP contribution in [-0.4, -0.2) is 78.0 Å². The Hall–Kier alpha value is -4.32. The minimum atomic E-state index is -0.491. The van der Waals surface area contributed by atoms with E-state index >= 15 is 0 Å². The second-order valence-corrected chi connectivity index (χ2v) is 11.9. The average molecular weight is 647 g/mol. The number of benzene rings is 3. The lowest BCUT2D eigenvalue weighted by molar-refractivity contribution is -0.134. The lowest BCUT2D eigenvalue weighted by Gasteiger charge is -2.35. The lowest BCUT2D eigenvalue weighted by atomic mass is 9.87. The van der Waals surface area contributed by atoms with E-state index in [2.05, 4.69) is 36.5 Å². The highest BCUT2D eigenvalue weighted by molar-refractivity contribution is 6.31. The third kappa shape index (κ3) is 7.38. The number of hydrogen-bond donors (Lipinski definition) is 2. The maximum atomic E-state index is 13.6. The number of piperidine rings is 1. The Kier molecular flexibility index (Phi) is 9.91. The van der Waals surface area contributed by atoms with Gasteiger partial charge in [0, 0.05) is 62.8 Å². The Morgan fingerprint density at radius 3 is 2.61 bits per heavy atom. The van der Waals surface area contributed by atoms with Gasteiger partial charge in [-0.2, -0.15) is 0 Å². The van der Waals surface area contributed by atoms with E-state index < -0.39 is 5.82 Å². The smallest absolute Gasteiger partial charge is 0.234 e. The molecule has 4 aromatic rings. The largest absolute Gasteiger partial charge is 0.493 e. The summed E-state index contributed by atoms with van der Waals surface area (Å²) in [6.45, 7) is 5.93. The van der Waals surface area contributed by atoms with E-state index in [1.165, 1.54) is 18.5 Å². The van der Waals surface area contributed by atoms with Gasteiger partial charge in [0.1, 0.15) is 18.0 Å². The van der Waals surface area contributed by atoms with Gasteiger partial charge < -0.3 is 19.7 Å². The van der Waals surface area contributed by atoms with Crippen molar-refractivity contribution >= 4 is 45.8 Å². The molecule has 2 fully saturated rings. The Labute approximate surface area is 271 Å². The maximum Gasteiger partial charge on any atom is 0.234 e. The van der Waals surface area contributed by atoms with E-state index in [0.29, 0.717) is 48.0 Å². The monoisotopic (exact) mass is 646 g/mol. The van der Waals surface area contributed by atoms with Crippen molar-refractivity contribution in [2.24, 2.45) is 0 Å². The first-order valence-corrected chi connectivity index (χ1v) is 15.8. The molecule has 240 valence electrons. The zero-order chi connectivity index (χ0) is 32.0. The van der Waals surface area contributed by atoms with E-state index in [1.807, 2.05) is 30.3 Å². The summed E-state index contributed by atoms with van der Waals surface area (Å²) in [4.78, 5) is 37.8. The Balaban J connectivity index is 1.01. The van der Waals surface area contributed by atoms with Crippen LogP contribution in [0.5, 0.6) is 11.5 Å². The predicted molar refractivity (Wildman–Crippen MR) is 174 cm³/mol. The Bertz CT molecular complexity index is 1730. The number of ether oxygens (including phenoxy) is 2. The zero-order valence-corrected chi connectivity index (χ0v) is 26.4. The fraction of sp³-hybridized carbons (Fsp3) is 0.353. The van der Waals surface area contributed by atoms with Crippen molar-refractivity contribution in [3.05, 3.63) is 82.9 Å². The molecule has 46 heavy (non-hydrogen) atoms. The molecular weight excluding hydrogens is 611 g/mol. The van der Waals surface area contributed by atoms with Crippen molar-refractivity contribution in [3.8, 4) is 11.5 Å². The number of halogens is 2. The van der Waals surface area contributed by atoms with Gasteiger partial charge in [0.25, 0.3) is 0 Å². The van der Waals surface area contributed by atoms with Crippen LogP contribution in [0, 0.1) is 5.82 Å². The number of piperazine rings is 1. The summed E-state index contributed by atoms with van der Waals surface area (Å²) in [5, 5.41) is 6.43. The number of carbonyl (C=O) groups excluding carboxylic acids is 2. The van der Waals surface area contributed by atoms with Gasteiger partial charge >= 0.3 is 0 Å². The topological polar surface area (TPSA) is 109 Å². The van der Waals surface area contributed by atoms with Crippen molar-refractivity contribution in [1.29, 1.82) is 0 Å².